The van der Waals surface area contributed by atoms with E-state index in [1.807, 2.05) is 18.2 Å². The summed E-state index contributed by atoms with van der Waals surface area (Å²) in [6.07, 6.45) is 7.02. The van der Waals surface area contributed by atoms with Gasteiger partial charge in [0.15, 0.2) is 5.75 Å². The van der Waals surface area contributed by atoms with Crippen LogP contribution in [0.3, 0.4) is 0 Å². The molecule has 1 aliphatic rings. The summed E-state index contributed by atoms with van der Waals surface area (Å²) >= 11 is 13.5. The molecule has 0 atom stereocenters. The van der Waals surface area contributed by atoms with Crippen LogP contribution in [0.4, 0.5) is 4.39 Å². The molecule has 3 aromatic carbocycles. The van der Waals surface area contributed by atoms with E-state index >= 15 is 0 Å². The maximum atomic E-state index is 13.5. The molecule has 5 rings (SSSR count). The van der Waals surface area contributed by atoms with Gasteiger partial charge < -0.3 is 4.74 Å². The predicted octanol–water partition coefficient (Wildman–Crippen LogP) is 8.22. The summed E-state index contributed by atoms with van der Waals surface area (Å²) in [6.45, 7) is 0.241. The largest absolute Gasteiger partial charge is 0.486 e. The fourth-order valence-corrected chi connectivity index (χ4v) is 5.90. The second kappa shape index (κ2) is 11.5. The fourth-order valence-electron chi connectivity index (χ4n) is 4.56. The third-order valence-corrected chi connectivity index (χ3v) is 7.81. The molecule has 1 heterocycles. The zero-order chi connectivity index (χ0) is 25.9. The second-order valence-corrected chi connectivity index (χ2v) is 11.2. The zero-order valence-electron chi connectivity index (χ0n) is 19.8. The predicted molar refractivity (Wildman–Crippen MR) is 152 cm³/mol. The van der Waals surface area contributed by atoms with Crippen LogP contribution in [0, 0.1) is 5.82 Å². The average Bonchev–Trinajstić information content (AvgIpc) is 2.89. The molecule has 1 saturated carbocycles. The summed E-state index contributed by atoms with van der Waals surface area (Å²) < 4.78 is 21.9. The number of hydrogen-bond acceptors (Lipinski definition) is 4. The Kier molecular flexibility index (Phi) is 8.07. The Hall–Kier alpha value is -2.55. The van der Waals surface area contributed by atoms with Crippen molar-refractivity contribution in [2.45, 2.75) is 44.6 Å². The Labute approximate surface area is 235 Å². The van der Waals surface area contributed by atoms with E-state index in [0.29, 0.717) is 37.5 Å². The van der Waals surface area contributed by atoms with Gasteiger partial charge in [-0.15, -0.1) is 0 Å². The maximum Gasteiger partial charge on any atom is 0.282 e. The van der Waals surface area contributed by atoms with Crippen molar-refractivity contribution in [2.75, 3.05) is 0 Å². The lowest BCUT2D eigenvalue weighted by Crippen LogP contribution is -2.25. The van der Waals surface area contributed by atoms with Crippen molar-refractivity contribution in [3.63, 3.8) is 0 Å². The number of benzene rings is 3. The lowest BCUT2D eigenvalue weighted by molar-refractivity contribution is 0.304. The van der Waals surface area contributed by atoms with Gasteiger partial charge in [-0.05, 0) is 82.4 Å². The summed E-state index contributed by atoms with van der Waals surface area (Å²) in [7, 11) is 0. The highest BCUT2D eigenvalue weighted by molar-refractivity contribution is 9.10. The standard InChI is InChI=1S/C28H23Br2ClFN3O2/c29-20-8-11-25-22(14-20)28(36)35(27(34-25)19-4-2-1-3-5-19)33-15-18-12-23(30)26(24(31)13-18)37-16-17-6-9-21(32)10-7-17/h6-15,19H,1-5,16H2. The van der Waals surface area contributed by atoms with E-state index in [2.05, 4.69) is 37.0 Å². The molecule has 1 fully saturated rings. The van der Waals surface area contributed by atoms with Crippen LogP contribution in [-0.4, -0.2) is 15.9 Å². The van der Waals surface area contributed by atoms with Crippen LogP contribution in [0.2, 0.25) is 5.02 Å². The Morgan fingerprint density at radius 3 is 2.57 bits per heavy atom. The van der Waals surface area contributed by atoms with Crippen LogP contribution in [0.15, 0.2) is 73.4 Å². The van der Waals surface area contributed by atoms with Gasteiger partial charge in [-0.3, -0.25) is 4.79 Å². The highest BCUT2D eigenvalue weighted by Crippen LogP contribution is 2.35. The molecule has 4 aromatic rings. The van der Waals surface area contributed by atoms with Crippen molar-refractivity contribution in [3.05, 3.63) is 102 Å². The Morgan fingerprint density at radius 1 is 1.08 bits per heavy atom. The third-order valence-electron chi connectivity index (χ3n) is 6.44. The molecule has 1 aliphatic carbocycles. The first-order chi connectivity index (χ1) is 17.9. The smallest absolute Gasteiger partial charge is 0.282 e. The number of aromatic nitrogens is 2. The molecule has 190 valence electrons. The van der Waals surface area contributed by atoms with Gasteiger partial charge in [0.05, 0.1) is 26.6 Å². The number of halogens is 4. The van der Waals surface area contributed by atoms with Crippen molar-refractivity contribution in [1.29, 1.82) is 0 Å². The number of nitrogens with zero attached hydrogens (tertiary/aromatic N) is 3. The van der Waals surface area contributed by atoms with Crippen molar-refractivity contribution in [1.82, 2.24) is 9.66 Å². The van der Waals surface area contributed by atoms with E-state index in [9.17, 15) is 9.18 Å². The van der Waals surface area contributed by atoms with Crippen LogP contribution >= 0.6 is 43.5 Å². The molecule has 0 amide bonds. The number of fused-ring (bicyclic) bond motifs is 1. The lowest BCUT2D eigenvalue weighted by Gasteiger charge is -2.22. The highest BCUT2D eigenvalue weighted by Gasteiger charge is 2.22. The van der Waals surface area contributed by atoms with Crippen LogP contribution in [0.25, 0.3) is 10.9 Å². The first-order valence-corrected chi connectivity index (χ1v) is 14.0. The van der Waals surface area contributed by atoms with E-state index in [1.54, 1.807) is 30.5 Å². The van der Waals surface area contributed by atoms with Gasteiger partial charge in [0.2, 0.25) is 0 Å². The molecule has 37 heavy (non-hydrogen) atoms. The van der Waals surface area contributed by atoms with Gasteiger partial charge in [-0.1, -0.05) is 58.9 Å². The molecular formula is C28H23Br2ClFN3O2. The number of rotatable bonds is 6. The van der Waals surface area contributed by atoms with Gasteiger partial charge in [-0.25, -0.2) is 9.37 Å². The zero-order valence-corrected chi connectivity index (χ0v) is 23.7. The molecule has 0 saturated heterocycles. The van der Waals surface area contributed by atoms with Crippen molar-refractivity contribution < 1.29 is 9.13 Å². The highest BCUT2D eigenvalue weighted by atomic mass is 79.9. The van der Waals surface area contributed by atoms with Crippen LogP contribution in [0.1, 0.15) is 55.0 Å². The summed E-state index contributed by atoms with van der Waals surface area (Å²) in [5, 5.41) is 5.49. The Bertz CT molecular complexity index is 1510. The SMILES string of the molecule is O=c1c2cc(Br)ccc2nc(C2CCCCC2)n1N=Cc1cc(Cl)c(OCc2ccc(F)cc2)c(Br)c1. The van der Waals surface area contributed by atoms with Crippen LogP contribution < -0.4 is 10.3 Å². The summed E-state index contributed by atoms with van der Waals surface area (Å²) in [6, 6.07) is 15.2. The topological polar surface area (TPSA) is 56.5 Å². The molecule has 0 spiro atoms. The Balaban J connectivity index is 1.47. The maximum absolute atomic E-state index is 13.5. The third kappa shape index (κ3) is 5.97. The molecule has 0 unspecified atom stereocenters. The summed E-state index contributed by atoms with van der Waals surface area (Å²) in [4.78, 5) is 18.4. The average molecular weight is 648 g/mol. The van der Waals surface area contributed by atoms with E-state index in [4.69, 9.17) is 21.3 Å². The number of ether oxygens (including phenoxy) is 1. The van der Waals surface area contributed by atoms with Gasteiger partial charge >= 0.3 is 0 Å². The van der Waals surface area contributed by atoms with Crippen molar-refractivity contribution in [2.24, 2.45) is 5.10 Å². The van der Waals surface area contributed by atoms with E-state index in [1.165, 1.54) is 23.2 Å². The van der Waals surface area contributed by atoms with E-state index in [0.717, 1.165) is 35.7 Å². The number of hydrogen-bond donors (Lipinski definition) is 0. The molecule has 0 N–H and O–H groups in total. The second-order valence-electron chi connectivity index (χ2n) is 9.06. The minimum Gasteiger partial charge on any atom is -0.486 e. The molecule has 0 aliphatic heterocycles. The monoisotopic (exact) mass is 645 g/mol. The Morgan fingerprint density at radius 2 is 1.84 bits per heavy atom. The van der Waals surface area contributed by atoms with E-state index in [-0.39, 0.29) is 23.9 Å². The van der Waals surface area contributed by atoms with Gasteiger partial charge in [-0.2, -0.15) is 9.78 Å². The minimum absolute atomic E-state index is 0.184. The fraction of sp³-hybridized carbons (Fsp3) is 0.250. The van der Waals surface area contributed by atoms with Crippen LogP contribution in [-0.2, 0) is 6.61 Å². The molecule has 9 heteroatoms. The van der Waals surface area contributed by atoms with Gasteiger partial charge in [0.25, 0.3) is 5.56 Å². The lowest BCUT2D eigenvalue weighted by atomic mass is 9.88. The van der Waals surface area contributed by atoms with Crippen molar-refractivity contribution in [3.8, 4) is 5.75 Å². The van der Waals surface area contributed by atoms with E-state index < -0.39 is 0 Å². The quantitative estimate of drug-likeness (QED) is 0.198. The van der Waals surface area contributed by atoms with Crippen molar-refractivity contribution >= 4 is 60.6 Å². The van der Waals surface area contributed by atoms with Crippen LogP contribution in [0.5, 0.6) is 5.75 Å². The van der Waals surface area contributed by atoms with Gasteiger partial charge in [0.1, 0.15) is 18.2 Å². The molecular weight excluding hydrogens is 625 g/mol. The summed E-state index contributed by atoms with van der Waals surface area (Å²) in [5.74, 6) is 1.05. The molecule has 0 radical (unpaired) electrons. The molecule has 0 bridgehead atoms. The van der Waals surface area contributed by atoms with Gasteiger partial charge in [0, 0.05) is 10.4 Å². The summed E-state index contributed by atoms with van der Waals surface area (Å²) in [5.41, 5.74) is 1.99. The molecule has 5 nitrogen and oxygen atoms in total. The first kappa shape index (κ1) is 26.1. The first-order valence-electron chi connectivity index (χ1n) is 12.0. The normalized spacial score (nSPS) is 14.5. The molecule has 1 aromatic heterocycles. The minimum atomic E-state index is -0.299.